The molecule has 1 aliphatic heterocycles. The minimum absolute atomic E-state index is 0.0316. The minimum Gasteiger partial charge on any atom is -0.482 e. The second-order valence-corrected chi connectivity index (χ2v) is 9.56. The summed E-state index contributed by atoms with van der Waals surface area (Å²) < 4.78 is 44.8. The lowest BCUT2D eigenvalue weighted by molar-refractivity contribution is -0.133. The van der Waals surface area contributed by atoms with Gasteiger partial charge in [0.15, 0.2) is 16.4 Å². The molecule has 1 amide bonds. The fourth-order valence-electron chi connectivity index (χ4n) is 3.10. The molecule has 0 aliphatic carbocycles. The standard InChI is InChI=1S/C19H18Cl2FNO4S/c20-13-5-6-17(15(21)11-13)27-12-19(24)23-8-7-18(28(25,26)10-9-23)14-3-1-2-4-16(14)22/h1-6,11,18H,7-10,12H2. The van der Waals surface area contributed by atoms with E-state index < -0.39 is 20.9 Å². The predicted octanol–water partition coefficient (Wildman–Crippen LogP) is 3.90. The molecule has 1 atom stereocenters. The Morgan fingerprint density at radius 1 is 1.18 bits per heavy atom. The molecule has 2 aromatic rings. The molecule has 0 aromatic heterocycles. The topological polar surface area (TPSA) is 63.7 Å². The number of benzene rings is 2. The van der Waals surface area contributed by atoms with E-state index in [1.54, 1.807) is 18.2 Å². The summed E-state index contributed by atoms with van der Waals surface area (Å²) in [5, 5.41) is -0.253. The lowest BCUT2D eigenvalue weighted by atomic mass is 10.1. The van der Waals surface area contributed by atoms with Crippen LogP contribution in [0.25, 0.3) is 0 Å². The van der Waals surface area contributed by atoms with Gasteiger partial charge in [-0.15, -0.1) is 0 Å². The van der Waals surface area contributed by atoms with E-state index in [1.807, 2.05) is 0 Å². The minimum atomic E-state index is -3.59. The molecular weight excluding hydrogens is 428 g/mol. The fourth-order valence-corrected chi connectivity index (χ4v) is 5.37. The second kappa shape index (κ2) is 8.68. The molecule has 0 saturated carbocycles. The van der Waals surface area contributed by atoms with Gasteiger partial charge in [0.2, 0.25) is 0 Å². The van der Waals surface area contributed by atoms with Crippen LogP contribution in [0.15, 0.2) is 42.5 Å². The van der Waals surface area contributed by atoms with Crippen molar-refractivity contribution >= 4 is 38.9 Å². The Kier molecular flexibility index (Phi) is 6.47. The van der Waals surface area contributed by atoms with Crippen molar-refractivity contribution in [3.8, 4) is 5.75 Å². The van der Waals surface area contributed by atoms with Crippen LogP contribution < -0.4 is 4.74 Å². The monoisotopic (exact) mass is 445 g/mol. The van der Waals surface area contributed by atoms with Gasteiger partial charge >= 0.3 is 0 Å². The third-order valence-electron chi connectivity index (χ3n) is 4.59. The fraction of sp³-hybridized carbons (Fsp3) is 0.316. The van der Waals surface area contributed by atoms with E-state index in [2.05, 4.69) is 0 Å². The lowest BCUT2D eigenvalue weighted by Crippen LogP contribution is -2.37. The van der Waals surface area contributed by atoms with E-state index >= 15 is 0 Å². The van der Waals surface area contributed by atoms with Gasteiger partial charge in [-0.1, -0.05) is 41.4 Å². The number of hydrogen-bond acceptors (Lipinski definition) is 4. The molecule has 9 heteroatoms. The average Bonchev–Trinajstić information content (AvgIpc) is 2.79. The van der Waals surface area contributed by atoms with Crippen LogP contribution in [-0.2, 0) is 14.6 Å². The van der Waals surface area contributed by atoms with Crippen molar-refractivity contribution in [1.29, 1.82) is 0 Å². The zero-order chi connectivity index (χ0) is 20.3. The number of rotatable bonds is 4. The highest BCUT2D eigenvalue weighted by atomic mass is 35.5. The Morgan fingerprint density at radius 2 is 1.93 bits per heavy atom. The molecule has 0 spiro atoms. The first-order chi connectivity index (χ1) is 13.3. The number of carbonyl (C=O) groups excluding carboxylic acids is 1. The maximum absolute atomic E-state index is 14.1. The molecule has 1 fully saturated rings. The summed E-state index contributed by atoms with van der Waals surface area (Å²) in [6, 6.07) is 10.5. The molecule has 1 aliphatic rings. The Bertz CT molecular complexity index is 984. The SMILES string of the molecule is O=C(COc1ccc(Cl)cc1Cl)N1CCC(c2ccccc2F)S(=O)(=O)CC1. The summed E-state index contributed by atoms with van der Waals surface area (Å²) in [5.41, 5.74) is 0.140. The van der Waals surface area contributed by atoms with Crippen molar-refractivity contribution in [2.24, 2.45) is 0 Å². The molecule has 0 radical (unpaired) electrons. The zero-order valence-electron chi connectivity index (χ0n) is 14.8. The average molecular weight is 446 g/mol. The largest absolute Gasteiger partial charge is 0.482 e. The quantitative estimate of drug-likeness (QED) is 0.715. The van der Waals surface area contributed by atoms with E-state index in [0.717, 1.165) is 0 Å². The first-order valence-electron chi connectivity index (χ1n) is 8.59. The Balaban J connectivity index is 1.68. The van der Waals surface area contributed by atoms with Crippen molar-refractivity contribution in [2.75, 3.05) is 25.4 Å². The summed E-state index contributed by atoms with van der Waals surface area (Å²) >= 11 is 11.8. The third-order valence-corrected chi connectivity index (χ3v) is 7.23. The summed E-state index contributed by atoms with van der Waals surface area (Å²) in [5.74, 6) is -0.850. The Labute approximate surface area is 172 Å². The van der Waals surface area contributed by atoms with Crippen molar-refractivity contribution in [1.82, 2.24) is 4.90 Å². The van der Waals surface area contributed by atoms with Crippen LogP contribution in [0.5, 0.6) is 5.75 Å². The number of amides is 1. The first kappa shape index (κ1) is 20.9. The van der Waals surface area contributed by atoms with Gasteiger partial charge in [-0.3, -0.25) is 4.79 Å². The lowest BCUT2D eigenvalue weighted by Gasteiger charge is -2.20. The second-order valence-electron chi connectivity index (χ2n) is 6.41. The molecule has 0 bridgehead atoms. The van der Waals surface area contributed by atoms with Gasteiger partial charge in [-0.25, -0.2) is 12.8 Å². The molecule has 2 aromatic carbocycles. The molecule has 1 unspecified atom stereocenters. The highest BCUT2D eigenvalue weighted by molar-refractivity contribution is 7.91. The number of halogens is 3. The summed E-state index contributed by atoms with van der Waals surface area (Å²) in [7, 11) is -3.59. The smallest absolute Gasteiger partial charge is 0.260 e. The predicted molar refractivity (Wildman–Crippen MR) is 106 cm³/mol. The van der Waals surface area contributed by atoms with E-state index in [1.165, 1.54) is 29.2 Å². The van der Waals surface area contributed by atoms with Crippen LogP contribution in [0.4, 0.5) is 4.39 Å². The van der Waals surface area contributed by atoms with Gasteiger partial charge < -0.3 is 9.64 Å². The van der Waals surface area contributed by atoms with Crippen LogP contribution in [-0.4, -0.2) is 44.7 Å². The maximum Gasteiger partial charge on any atom is 0.260 e. The number of hydrogen-bond donors (Lipinski definition) is 0. The summed E-state index contributed by atoms with van der Waals surface area (Å²) in [6.45, 7) is -0.0651. The van der Waals surface area contributed by atoms with Crippen molar-refractivity contribution in [3.63, 3.8) is 0 Å². The summed E-state index contributed by atoms with van der Waals surface area (Å²) in [6.07, 6.45) is 0.122. The van der Waals surface area contributed by atoms with E-state index in [9.17, 15) is 17.6 Å². The third kappa shape index (κ3) is 4.77. The molecule has 1 saturated heterocycles. The molecule has 0 N–H and O–H groups in total. The molecule has 3 rings (SSSR count). The number of carbonyl (C=O) groups is 1. The van der Waals surface area contributed by atoms with Gasteiger partial charge in [0, 0.05) is 23.7 Å². The van der Waals surface area contributed by atoms with E-state index in [0.29, 0.717) is 10.8 Å². The van der Waals surface area contributed by atoms with Gasteiger partial charge in [-0.05, 0) is 30.7 Å². The van der Waals surface area contributed by atoms with Crippen molar-refractivity contribution < 1.29 is 22.3 Å². The molecule has 150 valence electrons. The molecule has 1 heterocycles. The Hall–Kier alpha value is -1.83. The van der Waals surface area contributed by atoms with Gasteiger partial charge in [-0.2, -0.15) is 0 Å². The van der Waals surface area contributed by atoms with Crippen LogP contribution in [0.2, 0.25) is 10.0 Å². The molecule has 28 heavy (non-hydrogen) atoms. The highest BCUT2D eigenvalue weighted by Gasteiger charge is 2.34. The maximum atomic E-state index is 14.1. The van der Waals surface area contributed by atoms with Crippen LogP contribution >= 0.6 is 23.2 Å². The molecule has 5 nitrogen and oxygen atoms in total. The van der Waals surface area contributed by atoms with E-state index in [4.69, 9.17) is 27.9 Å². The summed E-state index contributed by atoms with van der Waals surface area (Å²) in [4.78, 5) is 13.9. The Morgan fingerprint density at radius 3 is 2.64 bits per heavy atom. The highest BCUT2D eigenvalue weighted by Crippen LogP contribution is 2.31. The van der Waals surface area contributed by atoms with Gasteiger partial charge in [0.05, 0.1) is 16.0 Å². The first-order valence-corrected chi connectivity index (χ1v) is 11.1. The van der Waals surface area contributed by atoms with E-state index in [-0.39, 0.29) is 48.4 Å². The van der Waals surface area contributed by atoms with Gasteiger partial charge in [0.25, 0.3) is 5.91 Å². The number of ether oxygens (including phenoxy) is 1. The zero-order valence-corrected chi connectivity index (χ0v) is 17.1. The molecular formula is C19H18Cl2FNO4S. The van der Waals surface area contributed by atoms with Crippen LogP contribution in [0.1, 0.15) is 17.2 Å². The van der Waals surface area contributed by atoms with Crippen LogP contribution in [0.3, 0.4) is 0 Å². The van der Waals surface area contributed by atoms with Gasteiger partial charge in [0.1, 0.15) is 11.6 Å². The number of nitrogens with zero attached hydrogens (tertiary/aromatic N) is 1. The van der Waals surface area contributed by atoms with Crippen molar-refractivity contribution in [2.45, 2.75) is 11.7 Å². The van der Waals surface area contributed by atoms with Crippen molar-refractivity contribution in [3.05, 3.63) is 63.9 Å². The normalized spacial score (nSPS) is 19.1. The number of sulfone groups is 1. The van der Waals surface area contributed by atoms with Crippen LogP contribution in [0, 0.1) is 5.82 Å².